The van der Waals surface area contributed by atoms with Crippen LogP contribution in [0.4, 0.5) is 5.69 Å². The number of nitrogens with one attached hydrogen (secondary N) is 1. The fraction of sp³-hybridized carbons (Fsp3) is 0.167. The molecule has 0 saturated carbocycles. The van der Waals surface area contributed by atoms with Gasteiger partial charge in [-0.1, -0.05) is 0 Å². The molecule has 0 heterocycles. The smallest absolute Gasteiger partial charge is 0.338 e. The van der Waals surface area contributed by atoms with Crippen molar-refractivity contribution in [2.45, 2.75) is 0 Å². The monoisotopic (exact) mass is 342 g/mol. The van der Waals surface area contributed by atoms with E-state index in [1.807, 2.05) is 0 Å². The van der Waals surface area contributed by atoms with Crippen LogP contribution in [0.25, 0.3) is 0 Å². The lowest BCUT2D eigenvalue weighted by molar-refractivity contribution is -0.119. The number of carbonyl (C=O) groups excluding carboxylic acids is 3. The molecular weight excluding hydrogens is 324 g/mol. The molecule has 0 radical (unpaired) electrons. The van der Waals surface area contributed by atoms with Crippen molar-refractivity contribution in [3.05, 3.63) is 59.7 Å². The van der Waals surface area contributed by atoms with Gasteiger partial charge in [0.15, 0.2) is 6.61 Å². The van der Waals surface area contributed by atoms with Crippen LogP contribution >= 0.6 is 0 Å². The molecule has 2 N–H and O–H groups in total. The van der Waals surface area contributed by atoms with Crippen molar-refractivity contribution in [1.82, 2.24) is 4.90 Å². The van der Waals surface area contributed by atoms with Gasteiger partial charge in [-0.15, -0.1) is 0 Å². The van der Waals surface area contributed by atoms with Crippen LogP contribution in [-0.2, 0) is 9.53 Å². The van der Waals surface area contributed by atoms with E-state index in [0.717, 1.165) is 0 Å². The van der Waals surface area contributed by atoms with E-state index in [2.05, 4.69) is 5.32 Å². The van der Waals surface area contributed by atoms with Crippen LogP contribution in [0.15, 0.2) is 48.5 Å². The first-order valence-corrected chi connectivity index (χ1v) is 7.44. The second-order valence-corrected chi connectivity index (χ2v) is 5.45. The number of anilines is 1. The Kier molecular flexibility index (Phi) is 5.73. The third-order valence-electron chi connectivity index (χ3n) is 3.26. The molecule has 0 aliphatic heterocycles. The highest BCUT2D eigenvalue weighted by Crippen LogP contribution is 2.12. The Morgan fingerprint density at radius 2 is 1.52 bits per heavy atom. The minimum Gasteiger partial charge on any atom is -0.508 e. The number of ether oxygens (including phenoxy) is 1. The van der Waals surface area contributed by atoms with E-state index in [4.69, 9.17) is 9.84 Å². The third-order valence-corrected chi connectivity index (χ3v) is 3.26. The number of phenols is 1. The summed E-state index contributed by atoms with van der Waals surface area (Å²) in [6.45, 7) is -0.446. The first-order chi connectivity index (χ1) is 11.9. The van der Waals surface area contributed by atoms with Crippen LogP contribution in [0, 0.1) is 0 Å². The Bertz CT molecular complexity index is 767. The van der Waals surface area contributed by atoms with Crippen LogP contribution in [0.3, 0.4) is 0 Å². The van der Waals surface area contributed by atoms with Crippen molar-refractivity contribution >= 4 is 23.5 Å². The lowest BCUT2D eigenvalue weighted by atomic mass is 10.2. The van der Waals surface area contributed by atoms with Crippen molar-refractivity contribution in [3.63, 3.8) is 0 Å². The van der Waals surface area contributed by atoms with Gasteiger partial charge in [-0.05, 0) is 48.5 Å². The summed E-state index contributed by atoms with van der Waals surface area (Å²) in [5, 5.41) is 11.7. The average Bonchev–Trinajstić information content (AvgIpc) is 2.60. The Morgan fingerprint density at radius 1 is 0.960 bits per heavy atom. The van der Waals surface area contributed by atoms with Crippen molar-refractivity contribution < 1.29 is 24.2 Å². The summed E-state index contributed by atoms with van der Waals surface area (Å²) in [7, 11) is 3.31. The lowest BCUT2D eigenvalue weighted by Gasteiger charge is -2.11. The predicted molar refractivity (Wildman–Crippen MR) is 91.5 cm³/mol. The topological polar surface area (TPSA) is 95.9 Å². The second-order valence-electron chi connectivity index (χ2n) is 5.45. The maximum atomic E-state index is 11.8. The largest absolute Gasteiger partial charge is 0.508 e. The molecule has 0 bridgehead atoms. The molecule has 2 rings (SSSR count). The summed E-state index contributed by atoms with van der Waals surface area (Å²) in [5.41, 5.74) is 1.22. The number of nitrogens with zero attached hydrogens (tertiary/aromatic N) is 1. The molecule has 0 aromatic heterocycles. The number of aromatic hydroxyl groups is 1. The van der Waals surface area contributed by atoms with Gasteiger partial charge in [0.2, 0.25) is 0 Å². The molecular formula is C18H18N2O5. The van der Waals surface area contributed by atoms with E-state index in [1.54, 1.807) is 38.4 Å². The van der Waals surface area contributed by atoms with Gasteiger partial charge in [0.25, 0.3) is 11.8 Å². The molecule has 0 spiro atoms. The highest BCUT2D eigenvalue weighted by molar-refractivity contribution is 5.97. The van der Waals surface area contributed by atoms with Crippen LogP contribution in [0.2, 0.25) is 0 Å². The van der Waals surface area contributed by atoms with Gasteiger partial charge in [-0.3, -0.25) is 9.59 Å². The maximum Gasteiger partial charge on any atom is 0.338 e. The molecule has 0 atom stereocenters. The quantitative estimate of drug-likeness (QED) is 0.809. The predicted octanol–water partition coefficient (Wildman–Crippen LogP) is 1.89. The number of phenolic OH excluding ortho intramolecular Hbond substituents is 1. The van der Waals surface area contributed by atoms with E-state index >= 15 is 0 Å². The number of benzene rings is 2. The number of amides is 2. The minimum absolute atomic E-state index is 0.0329. The van der Waals surface area contributed by atoms with Gasteiger partial charge in [-0.2, -0.15) is 0 Å². The Morgan fingerprint density at radius 3 is 2.08 bits per heavy atom. The van der Waals surface area contributed by atoms with Gasteiger partial charge < -0.3 is 20.1 Å². The molecule has 0 aliphatic carbocycles. The normalized spacial score (nSPS) is 10.0. The van der Waals surface area contributed by atoms with Gasteiger partial charge in [0, 0.05) is 25.3 Å². The molecule has 0 aliphatic rings. The first-order valence-electron chi connectivity index (χ1n) is 7.44. The zero-order chi connectivity index (χ0) is 18.4. The zero-order valence-corrected chi connectivity index (χ0v) is 13.9. The summed E-state index contributed by atoms with van der Waals surface area (Å²) < 4.78 is 4.90. The summed E-state index contributed by atoms with van der Waals surface area (Å²) in [6.07, 6.45) is 0. The number of hydrogen-bond donors (Lipinski definition) is 2. The molecule has 7 heteroatoms. The number of rotatable bonds is 5. The van der Waals surface area contributed by atoms with E-state index in [-0.39, 0.29) is 17.2 Å². The summed E-state index contributed by atoms with van der Waals surface area (Å²) >= 11 is 0. The standard InChI is InChI=1S/C18H18N2O5/c1-20(2)17(23)12-3-7-14(8-4-12)19-16(22)11-25-18(24)13-5-9-15(21)10-6-13/h3-10,21H,11H2,1-2H3,(H,19,22). The Hall–Kier alpha value is -3.35. The second kappa shape index (κ2) is 7.96. The Balaban J connectivity index is 1.86. The molecule has 0 fully saturated rings. The minimum atomic E-state index is -0.665. The molecule has 2 aromatic rings. The molecule has 0 saturated heterocycles. The zero-order valence-electron chi connectivity index (χ0n) is 13.9. The van der Waals surface area contributed by atoms with Gasteiger partial charge >= 0.3 is 5.97 Å². The fourth-order valence-electron chi connectivity index (χ4n) is 1.96. The van der Waals surface area contributed by atoms with E-state index < -0.39 is 18.5 Å². The molecule has 130 valence electrons. The van der Waals surface area contributed by atoms with Gasteiger partial charge in [-0.25, -0.2) is 4.79 Å². The van der Waals surface area contributed by atoms with E-state index in [1.165, 1.54) is 29.2 Å². The number of hydrogen-bond acceptors (Lipinski definition) is 5. The maximum absolute atomic E-state index is 11.8. The SMILES string of the molecule is CN(C)C(=O)c1ccc(NC(=O)COC(=O)c2ccc(O)cc2)cc1. The molecule has 2 amide bonds. The van der Waals surface area contributed by atoms with Crippen molar-refractivity contribution in [1.29, 1.82) is 0 Å². The summed E-state index contributed by atoms with van der Waals surface area (Å²) in [4.78, 5) is 36.8. The van der Waals surface area contributed by atoms with E-state index in [9.17, 15) is 14.4 Å². The molecule has 7 nitrogen and oxygen atoms in total. The molecule has 25 heavy (non-hydrogen) atoms. The number of carbonyl (C=O) groups is 3. The Labute approximate surface area is 144 Å². The van der Waals surface area contributed by atoms with Crippen LogP contribution < -0.4 is 5.32 Å². The van der Waals surface area contributed by atoms with Crippen LogP contribution in [0.5, 0.6) is 5.75 Å². The van der Waals surface area contributed by atoms with E-state index in [0.29, 0.717) is 11.3 Å². The van der Waals surface area contributed by atoms with Crippen molar-refractivity contribution in [2.24, 2.45) is 0 Å². The first kappa shape index (κ1) is 18.0. The fourth-order valence-corrected chi connectivity index (χ4v) is 1.96. The highest BCUT2D eigenvalue weighted by atomic mass is 16.5. The molecule has 0 unspecified atom stereocenters. The highest BCUT2D eigenvalue weighted by Gasteiger charge is 2.11. The molecule has 2 aromatic carbocycles. The van der Waals surface area contributed by atoms with Crippen LogP contribution in [0.1, 0.15) is 20.7 Å². The number of esters is 1. The summed E-state index contributed by atoms with van der Waals surface area (Å²) in [5.74, 6) is -1.27. The average molecular weight is 342 g/mol. The lowest BCUT2D eigenvalue weighted by Crippen LogP contribution is -2.22. The third kappa shape index (κ3) is 5.07. The summed E-state index contributed by atoms with van der Waals surface area (Å²) in [6, 6.07) is 11.9. The van der Waals surface area contributed by atoms with Gasteiger partial charge in [0.05, 0.1) is 5.56 Å². The van der Waals surface area contributed by atoms with Crippen molar-refractivity contribution in [2.75, 3.05) is 26.0 Å². The van der Waals surface area contributed by atoms with Crippen LogP contribution in [-0.4, -0.2) is 48.5 Å². The van der Waals surface area contributed by atoms with Gasteiger partial charge in [0.1, 0.15) is 5.75 Å². The van der Waals surface area contributed by atoms with Crippen molar-refractivity contribution in [3.8, 4) is 5.75 Å².